The summed E-state index contributed by atoms with van der Waals surface area (Å²) in [6.45, 7) is 0. The van der Waals surface area contributed by atoms with Gasteiger partial charge in [-0.05, 0) is 6.42 Å². The lowest BCUT2D eigenvalue weighted by molar-refractivity contribution is -0.141. The third-order valence-corrected chi connectivity index (χ3v) is 2.82. The first-order valence-corrected chi connectivity index (χ1v) is 6.21. The molecular formula is C7H11N3O4S. The lowest BCUT2D eigenvalue weighted by atomic mass is 10.2. The first-order valence-electron chi connectivity index (χ1n) is 4.15. The van der Waals surface area contributed by atoms with Gasteiger partial charge in [-0.25, -0.2) is 13.2 Å². The lowest BCUT2D eigenvalue weighted by Gasteiger charge is -2.11. The smallest absolute Gasteiger partial charge is 0.326 e. The first kappa shape index (κ1) is 11.6. The van der Waals surface area contributed by atoms with Gasteiger partial charge in [-0.15, -0.1) is 10.2 Å². The highest BCUT2D eigenvalue weighted by Gasteiger charge is 2.20. The second kappa shape index (κ2) is 4.39. The van der Waals surface area contributed by atoms with Gasteiger partial charge in [-0.3, -0.25) is 0 Å². The fourth-order valence-electron chi connectivity index (χ4n) is 1.10. The molecule has 0 aliphatic heterocycles. The number of nitrogens with zero attached hydrogens (tertiary/aromatic N) is 3. The van der Waals surface area contributed by atoms with Gasteiger partial charge >= 0.3 is 5.97 Å². The Kier molecular flexibility index (Phi) is 3.40. The summed E-state index contributed by atoms with van der Waals surface area (Å²) in [5.41, 5.74) is 0. The molecule has 0 radical (unpaired) electrons. The molecule has 0 amide bonds. The van der Waals surface area contributed by atoms with Gasteiger partial charge < -0.3 is 9.67 Å². The van der Waals surface area contributed by atoms with Crippen LogP contribution in [0.2, 0.25) is 0 Å². The van der Waals surface area contributed by atoms with Crippen LogP contribution in [0, 0.1) is 0 Å². The van der Waals surface area contributed by atoms with Gasteiger partial charge in [0.05, 0.1) is 5.75 Å². The first-order chi connectivity index (χ1) is 6.90. The van der Waals surface area contributed by atoms with Crippen LogP contribution >= 0.6 is 0 Å². The Morgan fingerprint density at radius 2 is 2.00 bits per heavy atom. The van der Waals surface area contributed by atoms with Crippen molar-refractivity contribution in [2.24, 2.45) is 0 Å². The van der Waals surface area contributed by atoms with E-state index in [-0.39, 0.29) is 12.2 Å². The summed E-state index contributed by atoms with van der Waals surface area (Å²) in [6.07, 6.45) is 3.58. The third-order valence-electron chi connectivity index (χ3n) is 1.84. The van der Waals surface area contributed by atoms with Crippen molar-refractivity contribution in [3.63, 3.8) is 0 Å². The van der Waals surface area contributed by atoms with E-state index in [1.165, 1.54) is 17.2 Å². The van der Waals surface area contributed by atoms with Crippen LogP contribution in [0.25, 0.3) is 0 Å². The normalized spacial score (nSPS) is 13.7. The summed E-state index contributed by atoms with van der Waals surface area (Å²) < 4.78 is 23.1. The second-order valence-corrected chi connectivity index (χ2v) is 5.44. The molecule has 1 heterocycles. The monoisotopic (exact) mass is 233 g/mol. The van der Waals surface area contributed by atoms with Crippen LogP contribution in [0.15, 0.2) is 12.7 Å². The van der Waals surface area contributed by atoms with Crippen molar-refractivity contribution >= 4 is 15.8 Å². The Bertz CT molecular complexity index is 425. The molecule has 0 fully saturated rings. The summed E-state index contributed by atoms with van der Waals surface area (Å²) in [7, 11) is -3.16. The van der Waals surface area contributed by atoms with Crippen molar-refractivity contribution < 1.29 is 18.3 Å². The zero-order valence-electron chi connectivity index (χ0n) is 8.07. The summed E-state index contributed by atoms with van der Waals surface area (Å²) in [5, 5.41) is 15.8. The molecule has 1 aromatic rings. The molecule has 8 heteroatoms. The van der Waals surface area contributed by atoms with Crippen LogP contribution in [-0.4, -0.2) is 46.3 Å². The van der Waals surface area contributed by atoms with E-state index in [1.807, 2.05) is 0 Å². The van der Waals surface area contributed by atoms with E-state index in [9.17, 15) is 13.2 Å². The second-order valence-electron chi connectivity index (χ2n) is 3.18. The maximum Gasteiger partial charge on any atom is 0.326 e. The molecule has 0 aromatic carbocycles. The molecule has 0 saturated carbocycles. The molecule has 1 N–H and O–H groups in total. The molecule has 0 bridgehead atoms. The molecule has 0 spiro atoms. The number of sulfone groups is 1. The van der Waals surface area contributed by atoms with Gasteiger partial charge in [0.15, 0.2) is 0 Å². The van der Waals surface area contributed by atoms with Crippen LogP contribution in [0.3, 0.4) is 0 Å². The number of hydrogen-bond donors (Lipinski definition) is 1. The number of aromatic nitrogens is 3. The molecule has 1 rings (SSSR count). The number of carboxylic acid groups (broad SMARTS) is 1. The van der Waals surface area contributed by atoms with E-state index < -0.39 is 21.8 Å². The summed E-state index contributed by atoms with van der Waals surface area (Å²) in [4.78, 5) is 10.8. The van der Waals surface area contributed by atoms with Gasteiger partial charge in [0.25, 0.3) is 0 Å². The molecular weight excluding hydrogens is 222 g/mol. The van der Waals surface area contributed by atoms with Gasteiger partial charge in [-0.2, -0.15) is 0 Å². The predicted molar refractivity (Wildman–Crippen MR) is 51.0 cm³/mol. The third kappa shape index (κ3) is 3.66. The number of aliphatic carboxylic acids is 1. The summed E-state index contributed by atoms with van der Waals surface area (Å²) >= 11 is 0. The lowest BCUT2D eigenvalue weighted by Crippen LogP contribution is -2.21. The molecule has 7 nitrogen and oxygen atoms in total. The van der Waals surface area contributed by atoms with Gasteiger partial charge in [0.1, 0.15) is 28.5 Å². The Hall–Kier alpha value is -1.44. The molecule has 0 saturated heterocycles. The van der Waals surface area contributed by atoms with Crippen LogP contribution in [0.5, 0.6) is 0 Å². The van der Waals surface area contributed by atoms with Crippen LogP contribution in [-0.2, 0) is 14.6 Å². The fourth-order valence-corrected chi connectivity index (χ4v) is 1.75. The molecule has 0 aliphatic rings. The summed E-state index contributed by atoms with van der Waals surface area (Å²) in [6, 6.07) is -0.935. The standard InChI is InChI=1S/C7H11N3O4S/c1-15(13,14)3-2-6(7(11)12)10-4-8-9-5-10/h4-6H,2-3H2,1H3,(H,11,12). The van der Waals surface area contributed by atoms with E-state index in [0.717, 1.165) is 6.26 Å². The number of carboxylic acids is 1. The van der Waals surface area contributed by atoms with Crippen molar-refractivity contribution in [1.82, 2.24) is 14.8 Å². The Labute approximate surface area is 86.7 Å². The van der Waals surface area contributed by atoms with Crippen LogP contribution < -0.4 is 0 Å². The van der Waals surface area contributed by atoms with Crippen molar-refractivity contribution in [2.45, 2.75) is 12.5 Å². The van der Waals surface area contributed by atoms with Crippen molar-refractivity contribution in [3.05, 3.63) is 12.7 Å². The number of carbonyl (C=O) groups is 1. The van der Waals surface area contributed by atoms with E-state index in [4.69, 9.17) is 5.11 Å². The topological polar surface area (TPSA) is 102 Å². The molecule has 1 atom stereocenters. The Morgan fingerprint density at radius 1 is 1.47 bits per heavy atom. The average Bonchev–Trinajstić information content (AvgIpc) is 2.54. The molecule has 0 aliphatic carbocycles. The highest BCUT2D eigenvalue weighted by Crippen LogP contribution is 2.11. The minimum absolute atomic E-state index is 0.00616. The van der Waals surface area contributed by atoms with E-state index in [2.05, 4.69) is 10.2 Å². The van der Waals surface area contributed by atoms with Gasteiger partial charge in [0.2, 0.25) is 0 Å². The minimum atomic E-state index is -3.16. The van der Waals surface area contributed by atoms with Gasteiger partial charge in [0, 0.05) is 6.26 Å². The van der Waals surface area contributed by atoms with Crippen molar-refractivity contribution in [2.75, 3.05) is 12.0 Å². The largest absolute Gasteiger partial charge is 0.480 e. The maximum atomic E-state index is 10.9. The minimum Gasteiger partial charge on any atom is -0.480 e. The van der Waals surface area contributed by atoms with E-state index in [0.29, 0.717) is 0 Å². The SMILES string of the molecule is CS(=O)(=O)CCC(C(=O)O)n1cnnc1. The fraction of sp³-hybridized carbons (Fsp3) is 0.571. The molecule has 15 heavy (non-hydrogen) atoms. The molecule has 1 unspecified atom stereocenters. The maximum absolute atomic E-state index is 10.9. The average molecular weight is 233 g/mol. The summed E-state index contributed by atoms with van der Waals surface area (Å²) in [5.74, 6) is -1.28. The van der Waals surface area contributed by atoms with Gasteiger partial charge in [-0.1, -0.05) is 0 Å². The van der Waals surface area contributed by atoms with Crippen molar-refractivity contribution in [1.29, 1.82) is 0 Å². The number of rotatable bonds is 5. The Balaban J connectivity index is 2.73. The Morgan fingerprint density at radius 3 is 2.40 bits per heavy atom. The van der Waals surface area contributed by atoms with E-state index >= 15 is 0 Å². The van der Waals surface area contributed by atoms with Crippen LogP contribution in [0.1, 0.15) is 12.5 Å². The van der Waals surface area contributed by atoms with Crippen molar-refractivity contribution in [3.8, 4) is 0 Å². The number of hydrogen-bond acceptors (Lipinski definition) is 5. The zero-order valence-corrected chi connectivity index (χ0v) is 8.88. The predicted octanol–water partition coefficient (Wildman–Crippen LogP) is -0.661. The quantitative estimate of drug-likeness (QED) is 0.724. The zero-order chi connectivity index (χ0) is 11.5. The van der Waals surface area contributed by atoms with E-state index in [1.54, 1.807) is 0 Å². The highest BCUT2D eigenvalue weighted by atomic mass is 32.2. The van der Waals surface area contributed by atoms with Crippen LogP contribution in [0.4, 0.5) is 0 Å². The molecule has 84 valence electrons. The highest BCUT2D eigenvalue weighted by molar-refractivity contribution is 7.90. The molecule has 1 aromatic heterocycles.